The Balaban J connectivity index is 0.000000853. The van der Waals surface area contributed by atoms with Crippen LogP contribution in [0.1, 0.15) is 12.8 Å². The van der Waals surface area contributed by atoms with Crippen LogP contribution in [0.25, 0.3) is 0 Å². The summed E-state index contributed by atoms with van der Waals surface area (Å²) in [7, 11) is 0. The predicted octanol–water partition coefficient (Wildman–Crippen LogP) is -0.506. The summed E-state index contributed by atoms with van der Waals surface area (Å²) in [6, 6.07) is 0.565. The van der Waals surface area contributed by atoms with Gasteiger partial charge in [0.2, 0.25) is 5.91 Å². The summed E-state index contributed by atoms with van der Waals surface area (Å²) in [5.41, 5.74) is 0. The molecule has 1 saturated carbocycles. The van der Waals surface area contributed by atoms with E-state index in [2.05, 4.69) is 16.0 Å². The van der Waals surface area contributed by atoms with Crippen molar-refractivity contribution in [2.75, 3.05) is 19.6 Å². The standard InChI is InChI=1S/C10H17N3O.ClH/c14-10(8-2-1-3-12-8)13-9-6-4-11-5-7(6)9;/h6-9,11-12H,1-5H2,(H,13,14);1H/t6-,7+,8-,9?;/m0./s1. The van der Waals surface area contributed by atoms with Crippen LogP contribution in [-0.2, 0) is 4.79 Å². The number of carbonyl (C=O) groups is 1. The van der Waals surface area contributed by atoms with Crippen molar-refractivity contribution in [3.63, 3.8) is 0 Å². The Morgan fingerprint density at radius 2 is 2.00 bits per heavy atom. The van der Waals surface area contributed by atoms with Crippen LogP contribution in [0.4, 0.5) is 0 Å². The van der Waals surface area contributed by atoms with E-state index >= 15 is 0 Å². The molecule has 3 aliphatic rings. The van der Waals surface area contributed by atoms with Crippen molar-refractivity contribution in [2.45, 2.75) is 24.9 Å². The van der Waals surface area contributed by atoms with Gasteiger partial charge in [-0.25, -0.2) is 0 Å². The number of fused-ring (bicyclic) bond motifs is 1. The number of hydrogen-bond acceptors (Lipinski definition) is 3. The van der Waals surface area contributed by atoms with Crippen molar-refractivity contribution >= 4 is 18.3 Å². The minimum atomic E-state index is 0. The van der Waals surface area contributed by atoms with Gasteiger partial charge in [0.15, 0.2) is 0 Å². The molecular weight excluding hydrogens is 214 g/mol. The van der Waals surface area contributed by atoms with Crippen LogP contribution in [0.3, 0.4) is 0 Å². The highest BCUT2D eigenvalue weighted by Gasteiger charge is 2.53. The highest BCUT2D eigenvalue weighted by molar-refractivity contribution is 5.85. The second kappa shape index (κ2) is 4.28. The molecule has 4 atom stereocenters. The van der Waals surface area contributed by atoms with Crippen LogP contribution in [0.15, 0.2) is 0 Å². The first-order chi connectivity index (χ1) is 6.86. The van der Waals surface area contributed by atoms with Gasteiger partial charge in [0, 0.05) is 19.1 Å². The van der Waals surface area contributed by atoms with Crippen LogP contribution in [0.2, 0.25) is 0 Å². The number of hydrogen-bond donors (Lipinski definition) is 3. The lowest BCUT2D eigenvalue weighted by Gasteiger charge is -2.12. The number of halogens is 1. The second-order valence-corrected chi connectivity index (χ2v) is 4.67. The molecule has 1 amide bonds. The molecule has 2 aliphatic heterocycles. The third kappa shape index (κ3) is 1.98. The lowest BCUT2D eigenvalue weighted by Crippen LogP contribution is -2.43. The van der Waals surface area contributed by atoms with Gasteiger partial charge in [-0.2, -0.15) is 0 Å². The van der Waals surface area contributed by atoms with Crippen molar-refractivity contribution in [3.05, 3.63) is 0 Å². The normalized spacial score (nSPS) is 41.9. The summed E-state index contributed by atoms with van der Waals surface area (Å²) in [6.07, 6.45) is 2.14. The molecule has 3 rings (SSSR count). The molecule has 0 spiro atoms. The molecule has 0 aromatic carbocycles. The first-order valence-electron chi connectivity index (χ1n) is 5.61. The fourth-order valence-corrected chi connectivity index (χ4v) is 2.81. The molecule has 4 nitrogen and oxygen atoms in total. The Bertz CT molecular complexity index is 245. The number of piperidine rings is 1. The van der Waals surface area contributed by atoms with Crippen LogP contribution in [0, 0.1) is 11.8 Å². The average molecular weight is 232 g/mol. The van der Waals surface area contributed by atoms with E-state index in [1.165, 1.54) is 0 Å². The smallest absolute Gasteiger partial charge is 0.237 e. The zero-order chi connectivity index (χ0) is 9.54. The fourth-order valence-electron chi connectivity index (χ4n) is 2.81. The summed E-state index contributed by atoms with van der Waals surface area (Å²) in [6.45, 7) is 3.18. The molecule has 0 radical (unpaired) electrons. The van der Waals surface area contributed by atoms with E-state index in [1.807, 2.05) is 0 Å². The highest BCUT2D eigenvalue weighted by atomic mass is 35.5. The summed E-state index contributed by atoms with van der Waals surface area (Å²) >= 11 is 0. The number of nitrogens with one attached hydrogen (secondary N) is 3. The summed E-state index contributed by atoms with van der Waals surface area (Å²) in [5, 5.41) is 9.71. The molecule has 0 bridgehead atoms. The molecule has 3 fully saturated rings. The van der Waals surface area contributed by atoms with Crippen molar-refractivity contribution in [2.24, 2.45) is 11.8 Å². The van der Waals surface area contributed by atoms with Crippen LogP contribution >= 0.6 is 12.4 Å². The zero-order valence-electron chi connectivity index (χ0n) is 8.66. The molecule has 0 aromatic rings. The maximum absolute atomic E-state index is 11.7. The average Bonchev–Trinajstić information content (AvgIpc) is 2.75. The van der Waals surface area contributed by atoms with Crippen molar-refractivity contribution in [3.8, 4) is 0 Å². The largest absolute Gasteiger partial charge is 0.351 e. The monoisotopic (exact) mass is 231 g/mol. The minimum absolute atomic E-state index is 0. The minimum Gasteiger partial charge on any atom is -0.351 e. The van der Waals surface area contributed by atoms with E-state index in [9.17, 15) is 4.79 Å². The Hall–Kier alpha value is -0.320. The van der Waals surface area contributed by atoms with E-state index in [0.29, 0.717) is 6.04 Å². The second-order valence-electron chi connectivity index (χ2n) is 4.67. The molecule has 86 valence electrons. The first kappa shape index (κ1) is 11.2. The van der Waals surface area contributed by atoms with E-state index in [-0.39, 0.29) is 24.4 Å². The number of rotatable bonds is 2. The summed E-state index contributed by atoms with van der Waals surface area (Å²) < 4.78 is 0. The maximum Gasteiger partial charge on any atom is 0.237 e. The SMILES string of the molecule is Cl.O=C(NC1[C@H]2CNC[C@@H]12)[C@@H]1CCCN1. The lowest BCUT2D eigenvalue weighted by molar-refractivity contribution is -0.123. The van der Waals surface area contributed by atoms with Crippen molar-refractivity contribution < 1.29 is 4.79 Å². The molecule has 0 aromatic heterocycles. The lowest BCUT2D eigenvalue weighted by atomic mass is 10.2. The zero-order valence-corrected chi connectivity index (χ0v) is 9.48. The Morgan fingerprint density at radius 3 is 2.60 bits per heavy atom. The molecule has 3 N–H and O–H groups in total. The highest BCUT2D eigenvalue weighted by Crippen LogP contribution is 2.41. The van der Waals surface area contributed by atoms with E-state index in [1.54, 1.807) is 0 Å². The van der Waals surface area contributed by atoms with Gasteiger partial charge in [0.1, 0.15) is 0 Å². The van der Waals surface area contributed by atoms with Gasteiger partial charge in [0.05, 0.1) is 6.04 Å². The van der Waals surface area contributed by atoms with Gasteiger partial charge in [0.25, 0.3) is 0 Å². The molecule has 1 unspecified atom stereocenters. The topological polar surface area (TPSA) is 53.2 Å². The Labute approximate surface area is 96.0 Å². The number of amides is 1. The quantitative estimate of drug-likeness (QED) is 0.601. The predicted molar refractivity (Wildman–Crippen MR) is 60.1 cm³/mol. The van der Waals surface area contributed by atoms with E-state index < -0.39 is 0 Å². The maximum atomic E-state index is 11.7. The Kier molecular flexibility index (Phi) is 3.19. The molecule has 15 heavy (non-hydrogen) atoms. The van der Waals surface area contributed by atoms with Gasteiger partial charge in [-0.1, -0.05) is 0 Å². The molecule has 5 heteroatoms. The van der Waals surface area contributed by atoms with Gasteiger partial charge >= 0.3 is 0 Å². The van der Waals surface area contributed by atoms with Gasteiger partial charge in [-0.3, -0.25) is 4.79 Å². The van der Waals surface area contributed by atoms with E-state index in [0.717, 1.165) is 44.3 Å². The van der Waals surface area contributed by atoms with Crippen LogP contribution in [-0.4, -0.2) is 37.6 Å². The third-order valence-corrected chi connectivity index (χ3v) is 3.78. The van der Waals surface area contributed by atoms with E-state index in [4.69, 9.17) is 0 Å². The summed E-state index contributed by atoms with van der Waals surface area (Å²) in [4.78, 5) is 11.7. The van der Waals surface area contributed by atoms with Crippen molar-refractivity contribution in [1.82, 2.24) is 16.0 Å². The molecule has 2 saturated heterocycles. The molecule has 2 heterocycles. The molecular formula is C10H18ClN3O. The fraction of sp³-hybridized carbons (Fsp3) is 0.900. The van der Waals surface area contributed by atoms with Crippen LogP contribution in [0.5, 0.6) is 0 Å². The number of carbonyl (C=O) groups excluding carboxylic acids is 1. The summed E-state index contributed by atoms with van der Waals surface area (Å²) in [5.74, 6) is 1.67. The first-order valence-corrected chi connectivity index (χ1v) is 5.61. The van der Waals surface area contributed by atoms with Crippen LogP contribution < -0.4 is 16.0 Å². The third-order valence-electron chi connectivity index (χ3n) is 3.78. The Morgan fingerprint density at radius 1 is 1.27 bits per heavy atom. The van der Waals surface area contributed by atoms with Gasteiger partial charge < -0.3 is 16.0 Å². The van der Waals surface area contributed by atoms with Crippen molar-refractivity contribution in [1.29, 1.82) is 0 Å². The van der Waals surface area contributed by atoms with Gasteiger partial charge in [-0.05, 0) is 31.2 Å². The molecule has 1 aliphatic carbocycles. The van der Waals surface area contributed by atoms with Gasteiger partial charge in [-0.15, -0.1) is 12.4 Å².